The molecule has 1 aliphatic heterocycles. The molecule has 0 bridgehead atoms. The van der Waals surface area contributed by atoms with E-state index in [4.69, 9.17) is 0 Å². The second-order valence-corrected chi connectivity index (χ2v) is 9.10. The first-order valence-corrected chi connectivity index (χ1v) is 10.8. The molecule has 4 rings (SSSR count). The van der Waals surface area contributed by atoms with Gasteiger partial charge in [-0.05, 0) is 31.0 Å². The van der Waals surface area contributed by atoms with Crippen molar-refractivity contribution < 1.29 is 24.1 Å². The average Bonchev–Trinajstić information content (AvgIpc) is 2.67. The zero-order chi connectivity index (χ0) is 21.0. The SMILES string of the molecule is CCCC1(C)C(=O)C(C2=NS(O)(O)c3cc(O)ccc3N2)=C(O)c2ccccc21. The Hall–Kier alpha value is -2.81. The van der Waals surface area contributed by atoms with Crippen LogP contribution in [-0.2, 0) is 10.2 Å². The Labute approximate surface area is 169 Å². The number of Topliss-reactive ketones (excluding diaryl/α,β-unsaturated/α-hetero) is 1. The summed E-state index contributed by atoms with van der Waals surface area (Å²) in [4.78, 5) is 13.6. The maximum atomic E-state index is 13.6. The summed E-state index contributed by atoms with van der Waals surface area (Å²) < 4.78 is 25.0. The zero-order valence-corrected chi connectivity index (χ0v) is 16.8. The molecule has 1 unspecified atom stereocenters. The first-order valence-electron chi connectivity index (χ1n) is 9.25. The number of nitrogens with zero attached hydrogens (tertiary/aromatic N) is 1. The lowest BCUT2D eigenvalue weighted by Crippen LogP contribution is -2.42. The van der Waals surface area contributed by atoms with Crippen LogP contribution in [0, 0.1) is 0 Å². The number of phenols is 1. The molecular formula is C21H22N2O5S. The van der Waals surface area contributed by atoms with Gasteiger partial charge in [0.1, 0.15) is 22.0 Å². The third kappa shape index (κ3) is 2.91. The number of amidine groups is 1. The summed E-state index contributed by atoms with van der Waals surface area (Å²) >= 11 is 0. The summed E-state index contributed by atoms with van der Waals surface area (Å²) in [5.41, 5.74) is 0.613. The van der Waals surface area contributed by atoms with Crippen LogP contribution in [0.5, 0.6) is 5.75 Å². The van der Waals surface area contributed by atoms with Crippen LogP contribution in [0.4, 0.5) is 5.69 Å². The van der Waals surface area contributed by atoms with Crippen LogP contribution in [0.3, 0.4) is 0 Å². The highest BCUT2D eigenvalue weighted by atomic mass is 32.3. The number of fused-ring (bicyclic) bond motifs is 2. The van der Waals surface area contributed by atoms with Crippen LogP contribution in [-0.4, -0.2) is 30.9 Å². The molecule has 2 aromatic carbocycles. The summed E-state index contributed by atoms with van der Waals surface area (Å²) in [6, 6.07) is 11.2. The molecular weight excluding hydrogens is 392 g/mol. The minimum atomic E-state index is -3.67. The second-order valence-electron chi connectivity index (χ2n) is 7.44. The molecule has 152 valence electrons. The lowest BCUT2D eigenvalue weighted by Gasteiger charge is -2.38. The van der Waals surface area contributed by atoms with Crippen molar-refractivity contribution in [2.24, 2.45) is 4.40 Å². The molecule has 0 fully saturated rings. The standard InChI is InChI=1S/C21H22N2O5S/c1-3-10-21(2)14-7-5-4-6-13(14)18(25)17(19(21)26)20-22-15-9-8-12(24)11-16(15)29(27,28)23-20/h4-9,11,24-25,27-28H,3,10H2,1-2H3,(H,22,23). The molecule has 0 spiro atoms. The van der Waals surface area contributed by atoms with Gasteiger partial charge in [-0.2, -0.15) is 0 Å². The summed E-state index contributed by atoms with van der Waals surface area (Å²) in [6.07, 6.45) is 1.31. The summed E-state index contributed by atoms with van der Waals surface area (Å²) in [5, 5.41) is 23.5. The van der Waals surface area contributed by atoms with Gasteiger partial charge in [-0.15, -0.1) is 4.40 Å². The number of aliphatic hydroxyl groups excluding tert-OH is 1. The van der Waals surface area contributed by atoms with Gasteiger partial charge < -0.3 is 15.5 Å². The molecule has 29 heavy (non-hydrogen) atoms. The van der Waals surface area contributed by atoms with E-state index in [1.165, 1.54) is 18.2 Å². The van der Waals surface area contributed by atoms with Gasteiger partial charge >= 0.3 is 0 Å². The van der Waals surface area contributed by atoms with E-state index in [1.807, 2.05) is 26.0 Å². The zero-order valence-electron chi connectivity index (χ0n) is 16.0. The Kier molecular flexibility index (Phi) is 4.45. The quantitative estimate of drug-likeness (QED) is 0.458. The molecule has 1 aliphatic carbocycles. The van der Waals surface area contributed by atoms with Crippen molar-refractivity contribution in [3.05, 3.63) is 59.2 Å². The van der Waals surface area contributed by atoms with Gasteiger partial charge in [-0.1, -0.05) is 48.4 Å². The van der Waals surface area contributed by atoms with Gasteiger partial charge in [-0.25, -0.2) is 0 Å². The molecule has 1 atom stereocenters. The predicted octanol–water partition coefficient (Wildman–Crippen LogP) is 4.85. The van der Waals surface area contributed by atoms with E-state index in [2.05, 4.69) is 9.71 Å². The lowest BCUT2D eigenvalue weighted by molar-refractivity contribution is -0.120. The Balaban J connectivity index is 1.92. The van der Waals surface area contributed by atoms with Crippen molar-refractivity contribution in [3.63, 3.8) is 0 Å². The van der Waals surface area contributed by atoms with Crippen LogP contribution in [0.2, 0.25) is 0 Å². The van der Waals surface area contributed by atoms with E-state index in [1.54, 1.807) is 12.1 Å². The highest BCUT2D eigenvalue weighted by Gasteiger charge is 2.46. The molecule has 8 heteroatoms. The van der Waals surface area contributed by atoms with Crippen molar-refractivity contribution in [2.75, 3.05) is 5.32 Å². The highest BCUT2D eigenvalue weighted by molar-refractivity contribution is 8.23. The maximum Gasteiger partial charge on any atom is 0.180 e. The van der Waals surface area contributed by atoms with Crippen LogP contribution in [0.1, 0.15) is 37.8 Å². The Bertz CT molecular complexity index is 1090. The van der Waals surface area contributed by atoms with E-state index in [-0.39, 0.29) is 33.6 Å². The van der Waals surface area contributed by atoms with Gasteiger partial charge in [-0.3, -0.25) is 13.9 Å². The number of carbonyl (C=O) groups excluding carboxylic acids is 1. The Morgan fingerprint density at radius 2 is 1.86 bits per heavy atom. The fourth-order valence-corrected chi connectivity index (χ4v) is 5.24. The summed E-state index contributed by atoms with van der Waals surface area (Å²) in [6.45, 7) is 3.81. The number of hydrogen-bond acceptors (Lipinski definition) is 7. The Morgan fingerprint density at radius 3 is 2.59 bits per heavy atom. The van der Waals surface area contributed by atoms with Crippen molar-refractivity contribution in [1.29, 1.82) is 0 Å². The number of benzene rings is 2. The lowest BCUT2D eigenvalue weighted by atomic mass is 9.67. The third-order valence-corrected chi connectivity index (χ3v) is 6.83. The van der Waals surface area contributed by atoms with E-state index in [0.717, 1.165) is 12.0 Å². The molecule has 7 nitrogen and oxygen atoms in total. The number of aliphatic hydroxyl groups is 1. The number of ketones is 1. The topological polar surface area (TPSA) is 122 Å². The van der Waals surface area contributed by atoms with Crippen molar-refractivity contribution in [3.8, 4) is 5.75 Å². The van der Waals surface area contributed by atoms with Crippen LogP contribution in [0.15, 0.2) is 57.3 Å². The largest absolute Gasteiger partial charge is 0.508 e. The maximum absolute atomic E-state index is 13.6. The number of rotatable bonds is 3. The molecule has 5 N–H and O–H groups in total. The molecule has 0 aromatic heterocycles. The summed E-state index contributed by atoms with van der Waals surface area (Å²) in [7, 11) is -3.67. The molecule has 0 saturated carbocycles. The van der Waals surface area contributed by atoms with Crippen molar-refractivity contribution in [2.45, 2.75) is 37.0 Å². The predicted molar refractivity (Wildman–Crippen MR) is 114 cm³/mol. The van der Waals surface area contributed by atoms with Gasteiger partial charge in [0, 0.05) is 11.6 Å². The average molecular weight is 414 g/mol. The number of aromatic hydroxyl groups is 1. The molecule has 1 heterocycles. The van der Waals surface area contributed by atoms with E-state index in [0.29, 0.717) is 17.7 Å². The van der Waals surface area contributed by atoms with Gasteiger partial charge in [0.25, 0.3) is 0 Å². The highest BCUT2D eigenvalue weighted by Crippen LogP contribution is 2.57. The van der Waals surface area contributed by atoms with E-state index < -0.39 is 16.2 Å². The van der Waals surface area contributed by atoms with Crippen LogP contribution < -0.4 is 5.32 Å². The molecule has 0 radical (unpaired) electrons. The minimum absolute atomic E-state index is 0.0290. The number of nitrogens with one attached hydrogen (secondary N) is 1. The molecule has 0 amide bonds. The second kappa shape index (κ2) is 6.62. The summed E-state index contributed by atoms with van der Waals surface area (Å²) in [5.74, 6) is -0.811. The van der Waals surface area contributed by atoms with Gasteiger partial charge in [0.15, 0.2) is 11.6 Å². The third-order valence-electron chi connectivity index (χ3n) is 5.46. The number of carbonyl (C=O) groups is 1. The molecule has 0 saturated heterocycles. The van der Waals surface area contributed by atoms with Crippen molar-refractivity contribution in [1.82, 2.24) is 0 Å². The van der Waals surface area contributed by atoms with Crippen LogP contribution in [0.25, 0.3) is 5.76 Å². The normalized spacial score (nSPS) is 23.6. The monoisotopic (exact) mass is 414 g/mol. The van der Waals surface area contributed by atoms with Crippen molar-refractivity contribution >= 4 is 33.8 Å². The van der Waals surface area contributed by atoms with E-state index in [9.17, 15) is 24.1 Å². The van der Waals surface area contributed by atoms with Crippen LogP contribution >= 0.6 is 10.8 Å². The molecule has 2 aliphatic rings. The number of anilines is 1. The van der Waals surface area contributed by atoms with Gasteiger partial charge in [0.05, 0.1) is 11.1 Å². The fourth-order valence-electron chi connectivity index (χ4n) is 4.05. The first kappa shape index (κ1) is 19.5. The minimum Gasteiger partial charge on any atom is -0.508 e. The molecule has 2 aromatic rings. The first-order chi connectivity index (χ1) is 13.7. The van der Waals surface area contributed by atoms with E-state index >= 15 is 0 Å². The smallest absolute Gasteiger partial charge is 0.180 e. The number of phenolic OH excluding ortho intramolecular Hbond substituents is 1. The number of hydrogen-bond donors (Lipinski definition) is 5. The fraction of sp³-hybridized carbons (Fsp3) is 0.238. The Morgan fingerprint density at radius 1 is 1.14 bits per heavy atom. The van der Waals surface area contributed by atoms with Gasteiger partial charge in [0.2, 0.25) is 0 Å².